The molecule has 0 spiro atoms. The van der Waals surface area contributed by atoms with Gasteiger partial charge in [-0.25, -0.2) is 4.79 Å². The summed E-state index contributed by atoms with van der Waals surface area (Å²) < 4.78 is 7.02. The quantitative estimate of drug-likeness (QED) is 0.454. The van der Waals surface area contributed by atoms with Crippen molar-refractivity contribution in [2.75, 3.05) is 6.61 Å². The lowest BCUT2D eigenvalue weighted by atomic mass is 10.0. The maximum atomic E-state index is 12.7. The van der Waals surface area contributed by atoms with Crippen molar-refractivity contribution in [2.45, 2.75) is 13.5 Å². The average molecular weight is 389 g/mol. The number of aromatic nitrogens is 1. The van der Waals surface area contributed by atoms with E-state index in [0.717, 1.165) is 26.9 Å². The smallest absolute Gasteiger partial charge is 0.349 e. The van der Waals surface area contributed by atoms with Crippen LogP contribution in [-0.4, -0.2) is 17.1 Å². The summed E-state index contributed by atoms with van der Waals surface area (Å²) in [5, 5.41) is 0.884. The minimum Gasteiger partial charge on any atom is -0.462 e. The molecule has 2 aromatic heterocycles. The molecule has 0 saturated carbocycles. The molecule has 0 radical (unpaired) electrons. The first-order valence-electron chi connectivity index (χ1n) is 9.12. The minimum atomic E-state index is -0.360. The van der Waals surface area contributed by atoms with Gasteiger partial charge in [0.2, 0.25) is 0 Å². The number of carbonyl (C=O) groups excluding carboxylic acids is 1. The van der Waals surface area contributed by atoms with Crippen LogP contribution in [0, 0.1) is 0 Å². The van der Waals surface area contributed by atoms with Crippen LogP contribution in [0.15, 0.2) is 77.6 Å². The van der Waals surface area contributed by atoms with E-state index in [0.29, 0.717) is 18.0 Å². The van der Waals surface area contributed by atoms with Crippen LogP contribution >= 0.6 is 11.3 Å². The first kappa shape index (κ1) is 18.2. The molecule has 4 rings (SSSR count). The maximum Gasteiger partial charge on any atom is 0.349 e. The second-order valence-electron chi connectivity index (χ2n) is 6.35. The van der Waals surface area contributed by atoms with E-state index in [1.807, 2.05) is 60.7 Å². The standard InChI is InChI=1S/C23H19NO3S/c1-2-27-23(26)21-20(17-11-7-4-8-12-17)18-13-14-19(25)24(22(18)28-21)15-16-9-5-3-6-10-16/h3-14H,2,15H2,1H3. The Morgan fingerprint density at radius 1 is 0.964 bits per heavy atom. The topological polar surface area (TPSA) is 48.3 Å². The van der Waals surface area contributed by atoms with Gasteiger partial charge in [-0.15, -0.1) is 11.3 Å². The van der Waals surface area contributed by atoms with Crippen LogP contribution in [0.1, 0.15) is 22.2 Å². The van der Waals surface area contributed by atoms with Crippen molar-refractivity contribution < 1.29 is 9.53 Å². The normalized spacial score (nSPS) is 10.9. The van der Waals surface area contributed by atoms with Crippen molar-refractivity contribution in [3.05, 3.63) is 93.6 Å². The van der Waals surface area contributed by atoms with E-state index >= 15 is 0 Å². The molecule has 4 aromatic rings. The molecule has 5 heteroatoms. The summed E-state index contributed by atoms with van der Waals surface area (Å²) in [4.78, 5) is 26.6. The molecule has 0 bridgehead atoms. The summed E-state index contributed by atoms with van der Waals surface area (Å²) >= 11 is 1.32. The Morgan fingerprint density at radius 2 is 1.64 bits per heavy atom. The lowest BCUT2D eigenvalue weighted by molar-refractivity contribution is 0.0533. The molecule has 0 saturated heterocycles. The van der Waals surface area contributed by atoms with Crippen LogP contribution in [-0.2, 0) is 11.3 Å². The van der Waals surface area contributed by atoms with Crippen molar-refractivity contribution in [3.8, 4) is 11.1 Å². The predicted molar refractivity (Wildman–Crippen MR) is 113 cm³/mol. The van der Waals surface area contributed by atoms with Crippen molar-refractivity contribution in [1.29, 1.82) is 0 Å². The van der Waals surface area contributed by atoms with Gasteiger partial charge in [-0.05, 0) is 24.1 Å². The van der Waals surface area contributed by atoms with E-state index in [1.54, 1.807) is 23.6 Å². The van der Waals surface area contributed by atoms with Crippen LogP contribution in [0.25, 0.3) is 21.3 Å². The van der Waals surface area contributed by atoms with Gasteiger partial charge in [0.1, 0.15) is 9.71 Å². The van der Waals surface area contributed by atoms with Crippen LogP contribution in [0.5, 0.6) is 0 Å². The molecule has 140 valence electrons. The first-order valence-corrected chi connectivity index (χ1v) is 9.93. The zero-order valence-corrected chi connectivity index (χ0v) is 16.2. The second-order valence-corrected chi connectivity index (χ2v) is 7.35. The van der Waals surface area contributed by atoms with Gasteiger partial charge in [-0.1, -0.05) is 60.7 Å². The minimum absolute atomic E-state index is 0.0902. The number of benzene rings is 2. The van der Waals surface area contributed by atoms with E-state index in [4.69, 9.17) is 4.74 Å². The summed E-state index contributed by atoms with van der Waals surface area (Å²) in [6.45, 7) is 2.55. The van der Waals surface area contributed by atoms with Gasteiger partial charge in [-0.3, -0.25) is 9.36 Å². The number of hydrogen-bond acceptors (Lipinski definition) is 4. The number of esters is 1. The van der Waals surface area contributed by atoms with E-state index in [1.165, 1.54) is 11.3 Å². The third kappa shape index (κ3) is 3.37. The van der Waals surface area contributed by atoms with E-state index < -0.39 is 0 Å². The Kier molecular flexibility index (Phi) is 5.08. The van der Waals surface area contributed by atoms with Crippen molar-refractivity contribution in [1.82, 2.24) is 4.57 Å². The van der Waals surface area contributed by atoms with Gasteiger partial charge in [-0.2, -0.15) is 0 Å². The highest BCUT2D eigenvalue weighted by molar-refractivity contribution is 7.21. The zero-order valence-electron chi connectivity index (χ0n) is 15.4. The summed E-state index contributed by atoms with van der Waals surface area (Å²) in [5.41, 5.74) is 2.69. The van der Waals surface area contributed by atoms with Crippen molar-refractivity contribution >= 4 is 27.5 Å². The summed E-state index contributed by atoms with van der Waals surface area (Å²) in [6.07, 6.45) is 0. The average Bonchev–Trinajstić information content (AvgIpc) is 3.12. The number of nitrogens with zero attached hydrogens (tertiary/aromatic N) is 1. The van der Waals surface area contributed by atoms with Crippen molar-refractivity contribution in [3.63, 3.8) is 0 Å². The number of carbonyl (C=O) groups is 1. The molecule has 0 amide bonds. The SMILES string of the molecule is CCOC(=O)c1sc2c(ccc(=O)n2Cc2ccccc2)c1-c1ccccc1. The molecule has 0 unspecified atom stereocenters. The van der Waals surface area contributed by atoms with Crippen LogP contribution in [0.2, 0.25) is 0 Å². The largest absolute Gasteiger partial charge is 0.462 e. The molecule has 0 aliphatic carbocycles. The van der Waals surface area contributed by atoms with Crippen LogP contribution < -0.4 is 5.56 Å². The number of rotatable bonds is 5. The molecule has 2 heterocycles. The van der Waals surface area contributed by atoms with Crippen LogP contribution in [0.4, 0.5) is 0 Å². The van der Waals surface area contributed by atoms with E-state index in [9.17, 15) is 9.59 Å². The summed E-state index contributed by atoms with van der Waals surface area (Å²) in [7, 11) is 0. The number of hydrogen-bond donors (Lipinski definition) is 0. The third-order valence-corrected chi connectivity index (χ3v) is 5.74. The molecule has 0 atom stereocenters. The Labute approximate surface area is 166 Å². The molecule has 2 aromatic carbocycles. The van der Waals surface area contributed by atoms with E-state index in [-0.39, 0.29) is 11.5 Å². The molecule has 4 nitrogen and oxygen atoms in total. The van der Waals surface area contributed by atoms with Gasteiger partial charge in [0.15, 0.2) is 0 Å². The second kappa shape index (κ2) is 7.82. The fourth-order valence-electron chi connectivity index (χ4n) is 3.28. The van der Waals surface area contributed by atoms with Gasteiger partial charge in [0, 0.05) is 17.0 Å². The summed E-state index contributed by atoms with van der Waals surface area (Å²) in [5.74, 6) is -0.360. The molecular formula is C23H19NO3S. The molecule has 0 aliphatic heterocycles. The first-order chi connectivity index (χ1) is 13.7. The number of ether oxygens (including phenoxy) is 1. The monoisotopic (exact) mass is 389 g/mol. The number of pyridine rings is 1. The molecule has 0 fully saturated rings. The van der Waals surface area contributed by atoms with Gasteiger partial charge in [0.25, 0.3) is 5.56 Å². The fourth-order valence-corrected chi connectivity index (χ4v) is 4.49. The number of thiophene rings is 1. The van der Waals surface area contributed by atoms with Gasteiger partial charge < -0.3 is 4.74 Å². The highest BCUT2D eigenvalue weighted by Gasteiger charge is 2.22. The maximum absolute atomic E-state index is 12.7. The Balaban J connectivity index is 1.96. The molecular weight excluding hydrogens is 370 g/mol. The number of fused-ring (bicyclic) bond motifs is 1. The Morgan fingerprint density at radius 3 is 2.32 bits per heavy atom. The molecule has 0 N–H and O–H groups in total. The summed E-state index contributed by atoms with van der Waals surface area (Å²) in [6, 6.07) is 23.0. The van der Waals surface area contributed by atoms with E-state index in [2.05, 4.69) is 0 Å². The fraction of sp³-hybridized carbons (Fsp3) is 0.130. The Bertz CT molecular complexity index is 1180. The molecule has 0 aliphatic rings. The van der Waals surface area contributed by atoms with Crippen molar-refractivity contribution in [2.24, 2.45) is 0 Å². The third-order valence-electron chi connectivity index (χ3n) is 4.54. The molecule has 28 heavy (non-hydrogen) atoms. The van der Waals surface area contributed by atoms with Crippen LogP contribution in [0.3, 0.4) is 0 Å². The highest BCUT2D eigenvalue weighted by Crippen LogP contribution is 2.38. The Hall–Kier alpha value is -3.18. The van der Waals surface area contributed by atoms with Gasteiger partial charge >= 0.3 is 5.97 Å². The lowest BCUT2D eigenvalue weighted by Crippen LogP contribution is -2.19. The van der Waals surface area contributed by atoms with Gasteiger partial charge in [0.05, 0.1) is 13.2 Å². The predicted octanol–water partition coefficient (Wildman–Crippen LogP) is 4.96. The highest BCUT2D eigenvalue weighted by atomic mass is 32.1. The lowest BCUT2D eigenvalue weighted by Gasteiger charge is -2.08. The zero-order chi connectivity index (χ0) is 19.5.